The van der Waals surface area contributed by atoms with E-state index in [1.807, 2.05) is 0 Å². The van der Waals surface area contributed by atoms with Crippen molar-refractivity contribution in [3.8, 4) is 0 Å². The van der Waals surface area contributed by atoms with Crippen molar-refractivity contribution in [3.63, 3.8) is 0 Å². The van der Waals surface area contributed by atoms with Crippen molar-refractivity contribution in [1.82, 2.24) is 10.0 Å². The standard InChI is InChI=1S/C15H22N2O4S/c1-15(8-3-9-16-10-15)11-17-22(19,20)13-6-4-12(5-7-13)14(18)21-2/h4-7,16-17H,3,8-11H2,1-2H3. The predicted octanol–water partition coefficient (Wildman–Crippen LogP) is 1.14. The van der Waals surface area contributed by atoms with Crippen LogP contribution in [0.1, 0.15) is 30.1 Å². The zero-order valence-electron chi connectivity index (χ0n) is 12.9. The third-order valence-electron chi connectivity index (χ3n) is 3.96. The minimum Gasteiger partial charge on any atom is -0.465 e. The van der Waals surface area contributed by atoms with E-state index in [-0.39, 0.29) is 10.3 Å². The molecule has 1 aliphatic rings. The lowest BCUT2D eigenvalue weighted by Gasteiger charge is -2.34. The molecular formula is C15H22N2O4S. The quantitative estimate of drug-likeness (QED) is 0.793. The third kappa shape index (κ3) is 4.06. The van der Waals surface area contributed by atoms with Crippen molar-refractivity contribution in [2.45, 2.75) is 24.7 Å². The van der Waals surface area contributed by atoms with Gasteiger partial charge in [0.15, 0.2) is 0 Å². The molecule has 1 atom stereocenters. The Balaban J connectivity index is 2.05. The van der Waals surface area contributed by atoms with Gasteiger partial charge in [0.1, 0.15) is 0 Å². The Morgan fingerprint density at radius 1 is 1.36 bits per heavy atom. The monoisotopic (exact) mass is 326 g/mol. The number of benzene rings is 1. The average Bonchev–Trinajstić information content (AvgIpc) is 2.53. The summed E-state index contributed by atoms with van der Waals surface area (Å²) in [4.78, 5) is 11.5. The second kappa shape index (κ2) is 6.76. The third-order valence-corrected chi connectivity index (χ3v) is 5.38. The van der Waals surface area contributed by atoms with E-state index in [9.17, 15) is 13.2 Å². The summed E-state index contributed by atoms with van der Waals surface area (Å²) in [7, 11) is -2.29. The van der Waals surface area contributed by atoms with Crippen LogP contribution in [0.2, 0.25) is 0 Å². The van der Waals surface area contributed by atoms with Crippen molar-refractivity contribution in [3.05, 3.63) is 29.8 Å². The van der Waals surface area contributed by atoms with Crippen LogP contribution in [0.15, 0.2) is 29.2 Å². The van der Waals surface area contributed by atoms with Gasteiger partial charge in [0.05, 0.1) is 17.6 Å². The molecular weight excluding hydrogens is 304 g/mol. The number of rotatable bonds is 5. The second-order valence-electron chi connectivity index (χ2n) is 5.93. The first kappa shape index (κ1) is 16.9. The summed E-state index contributed by atoms with van der Waals surface area (Å²) in [6.07, 6.45) is 2.04. The fourth-order valence-electron chi connectivity index (χ4n) is 2.51. The highest BCUT2D eigenvalue weighted by atomic mass is 32.2. The van der Waals surface area contributed by atoms with Gasteiger partial charge < -0.3 is 10.1 Å². The SMILES string of the molecule is COC(=O)c1ccc(S(=O)(=O)NCC2(C)CCCNC2)cc1. The molecule has 1 aliphatic heterocycles. The Morgan fingerprint density at radius 3 is 2.59 bits per heavy atom. The molecule has 0 spiro atoms. The van der Waals surface area contributed by atoms with Gasteiger partial charge in [0.2, 0.25) is 10.0 Å². The number of piperidine rings is 1. The van der Waals surface area contributed by atoms with Gasteiger partial charge in [-0.2, -0.15) is 0 Å². The number of ether oxygens (including phenoxy) is 1. The van der Waals surface area contributed by atoms with Crippen molar-refractivity contribution in [2.24, 2.45) is 5.41 Å². The maximum absolute atomic E-state index is 12.3. The molecule has 2 N–H and O–H groups in total. The molecule has 6 nitrogen and oxygen atoms in total. The summed E-state index contributed by atoms with van der Waals surface area (Å²) >= 11 is 0. The van der Waals surface area contributed by atoms with E-state index >= 15 is 0 Å². The Kier molecular flexibility index (Phi) is 5.20. The molecule has 0 bridgehead atoms. The first-order valence-electron chi connectivity index (χ1n) is 7.25. The number of hydrogen-bond donors (Lipinski definition) is 2. The first-order chi connectivity index (χ1) is 10.4. The fraction of sp³-hybridized carbons (Fsp3) is 0.533. The van der Waals surface area contributed by atoms with E-state index in [0.717, 1.165) is 25.9 Å². The van der Waals surface area contributed by atoms with Crippen LogP contribution in [-0.4, -0.2) is 41.1 Å². The van der Waals surface area contributed by atoms with Gasteiger partial charge in [0.25, 0.3) is 0 Å². The van der Waals surface area contributed by atoms with Crippen LogP contribution in [0, 0.1) is 5.41 Å². The Morgan fingerprint density at radius 2 is 2.05 bits per heavy atom. The molecule has 0 amide bonds. The Hall–Kier alpha value is -1.44. The summed E-state index contributed by atoms with van der Waals surface area (Å²) < 4.78 is 31.9. The summed E-state index contributed by atoms with van der Waals surface area (Å²) in [6.45, 7) is 4.25. The largest absolute Gasteiger partial charge is 0.465 e. The van der Waals surface area contributed by atoms with Gasteiger partial charge in [-0.25, -0.2) is 17.9 Å². The molecule has 122 valence electrons. The van der Waals surface area contributed by atoms with E-state index in [1.165, 1.54) is 31.4 Å². The van der Waals surface area contributed by atoms with Gasteiger partial charge in [-0.15, -0.1) is 0 Å². The number of methoxy groups -OCH3 is 1. The van der Waals surface area contributed by atoms with Crippen molar-refractivity contribution in [2.75, 3.05) is 26.7 Å². The smallest absolute Gasteiger partial charge is 0.337 e. The van der Waals surface area contributed by atoms with E-state index in [4.69, 9.17) is 0 Å². The van der Waals surface area contributed by atoms with Gasteiger partial charge in [0, 0.05) is 13.1 Å². The van der Waals surface area contributed by atoms with Crippen LogP contribution in [0.4, 0.5) is 0 Å². The minimum absolute atomic E-state index is 0.0721. The number of carbonyl (C=O) groups is 1. The molecule has 22 heavy (non-hydrogen) atoms. The summed E-state index contributed by atoms with van der Waals surface area (Å²) in [5.74, 6) is -0.488. The lowest BCUT2D eigenvalue weighted by molar-refractivity contribution is 0.0600. The van der Waals surface area contributed by atoms with E-state index in [2.05, 4.69) is 21.7 Å². The number of sulfonamides is 1. The summed E-state index contributed by atoms with van der Waals surface area (Å²) in [5.41, 5.74) is 0.252. The molecule has 0 aliphatic carbocycles. The van der Waals surface area contributed by atoms with Gasteiger partial charge >= 0.3 is 5.97 Å². The van der Waals surface area contributed by atoms with Crippen LogP contribution >= 0.6 is 0 Å². The molecule has 1 aromatic rings. The lowest BCUT2D eigenvalue weighted by atomic mass is 9.83. The van der Waals surface area contributed by atoms with Crippen LogP contribution in [-0.2, 0) is 14.8 Å². The highest BCUT2D eigenvalue weighted by molar-refractivity contribution is 7.89. The van der Waals surface area contributed by atoms with Gasteiger partial charge in [-0.3, -0.25) is 0 Å². The minimum atomic E-state index is -3.58. The Labute approximate surface area is 131 Å². The van der Waals surface area contributed by atoms with Crippen molar-refractivity contribution >= 4 is 16.0 Å². The summed E-state index contributed by atoms with van der Waals surface area (Å²) in [5, 5.41) is 3.29. The van der Waals surface area contributed by atoms with Gasteiger partial charge in [-0.1, -0.05) is 6.92 Å². The van der Waals surface area contributed by atoms with Gasteiger partial charge in [-0.05, 0) is 49.1 Å². The molecule has 7 heteroatoms. The van der Waals surface area contributed by atoms with Crippen LogP contribution in [0.25, 0.3) is 0 Å². The normalized spacial score (nSPS) is 22.3. The van der Waals surface area contributed by atoms with Crippen molar-refractivity contribution in [1.29, 1.82) is 0 Å². The Bertz CT molecular complexity index is 619. The van der Waals surface area contributed by atoms with Crippen LogP contribution < -0.4 is 10.0 Å². The van der Waals surface area contributed by atoms with E-state index in [1.54, 1.807) is 0 Å². The zero-order valence-corrected chi connectivity index (χ0v) is 13.7. The second-order valence-corrected chi connectivity index (χ2v) is 7.70. The first-order valence-corrected chi connectivity index (χ1v) is 8.73. The number of esters is 1. The summed E-state index contributed by atoms with van der Waals surface area (Å²) in [6, 6.07) is 5.72. The number of carbonyl (C=O) groups excluding carboxylic acids is 1. The van der Waals surface area contributed by atoms with Crippen LogP contribution in [0.5, 0.6) is 0 Å². The maximum atomic E-state index is 12.3. The molecule has 0 radical (unpaired) electrons. The topological polar surface area (TPSA) is 84.5 Å². The maximum Gasteiger partial charge on any atom is 0.337 e. The molecule has 2 rings (SSSR count). The highest BCUT2D eigenvalue weighted by Crippen LogP contribution is 2.25. The van der Waals surface area contributed by atoms with Crippen molar-refractivity contribution < 1.29 is 17.9 Å². The molecule has 1 aromatic carbocycles. The predicted molar refractivity (Wildman–Crippen MR) is 83.2 cm³/mol. The fourth-order valence-corrected chi connectivity index (χ4v) is 3.71. The molecule has 1 fully saturated rings. The van der Waals surface area contributed by atoms with Crippen LogP contribution in [0.3, 0.4) is 0 Å². The van der Waals surface area contributed by atoms with E-state index < -0.39 is 16.0 Å². The molecule has 1 saturated heterocycles. The number of hydrogen-bond acceptors (Lipinski definition) is 5. The molecule has 0 aromatic heterocycles. The highest BCUT2D eigenvalue weighted by Gasteiger charge is 2.28. The zero-order chi connectivity index (χ0) is 16.2. The average molecular weight is 326 g/mol. The number of nitrogens with one attached hydrogen (secondary N) is 2. The molecule has 1 heterocycles. The molecule has 0 saturated carbocycles. The molecule has 1 unspecified atom stereocenters. The lowest BCUT2D eigenvalue weighted by Crippen LogP contribution is -2.45. The van der Waals surface area contributed by atoms with E-state index in [0.29, 0.717) is 12.1 Å².